The summed E-state index contributed by atoms with van der Waals surface area (Å²) < 4.78 is 1.66. The zero-order chi connectivity index (χ0) is 25.4. The van der Waals surface area contributed by atoms with E-state index in [9.17, 15) is 14.7 Å². The third-order valence-corrected chi connectivity index (χ3v) is 6.88. The second kappa shape index (κ2) is 9.60. The van der Waals surface area contributed by atoms with Crippen molar-refractivity contribution in [3.8, 4) is 5.69 Å². The van der Waals surface area contributed by atoms with Crippen LogP contribution in [0, 0.1) is 6.92 Å². The highest BCUT2D eigenvalue weighted by Crippen LogP contribution is 2.42. The van der Waals surface area contributed by atoms with E-state index in [2.05, 4.69) is 10.1 Å². The lowest BCUT2D eigenvalue weighted by Crippen LogP contribution is -2.29. The minimum Gasteiger partial charge on any atom is -0.507 e. The Hall–Kier alpha value is -3.94. The van der Waals surface area contributed by atoms with Gasteiger partial charge in [-0.15, -0.1) is 0 Å². The molecule has 9 heteroatoms. The standard InChI is InChI=1S/C27H20Cl2N4O3/c1-16-20(14-31-33(16)19-7-3-2-4-8-19)25(34)23-24(18-9-10-21(28)22(29)12-18)32(27(36)26(23)35)15-17-6-5-11-30-13-17/h2-14,24,34H,15H2,1H3. The molecule has 2 aromatic heterocycles. The van der Waals surface area contributed by atoms with Crippen molar-refractivity contribution in [1.29, 1.82) is 0 Å². The first-order valence-electron chi connectivity index (χ1n) is 11.1. The molecule has 0 bridgehead atoms. The third kappa shape index (κ3) is 4.17. The van der Waals surface area contributed by atoms with Gasteiger partial charge in [0.1, 0.15) is 5.76 Å². The van der Waals surface area contributed by atoms with Crippen LogP contribution in [0.5, 0.6) is 0 Å². The van der Waals surface area contributed by atoms with Crippen LogP contribution in [0.3, 0.4) is 0 Å². The second-order valence-corrected chi connectivity index (χ2v) is 9.17. The Morgan fingerprint density at radius 1 is 1.00 bits per heavy atom. The normalized spacial score (nSPS) is 17.1. The highest BCUT2D eigenvalue weighted by atomic mass is 35.5. The maximum Gasteiger partial charge on any atom is 0.295 e. The molecule has 1 saturated heterocycles. The van der Waals surface area contributed by atoms with Gasteiger partial charge in [-0.05, 0) is 48.4 Å². The van der Waals surface area contributed by atoms with Gasteiger partial charge in [0, 0.05) is 18.9 Å². The number of rotatable bonds is 5. The molecular weight excluding hydrogens is 499 g/mol. The van der Waals surface area contributed by atoms with Crippen LogP contribution in [0.2, 0.25) is 10.0 Å². The first kappa shape index (κ1) is 23.8. The predicted molar refractivity (Wildman–Crippen MR) is 137 cm³/mol. The number of carbonyl (C=O) groups excluding carboxylic acids is 2. The number of para-hydroxylation sites is 1. The van der Waals surface area contributed by atoms with Crippen LogP contribution in [-0.2, 0) is 16.1 Å². The van der Waals surface area contributed by atoms with Crippen LogP contribution in [-0.4, -0.2) is 36.5 Å². The van der Waals surface area contributed by atoms with E-state index < -0.39 is 17.7 Å². The number of ketones is 1. The Balaban J connectivity index is 1.66. The minimum atomic E-state index is -0.889. The van der Waals surface area contributed by atoms with Crippen LogP contribution in [0.1, 0.15) is 28.4 Å². The maximum absolute atomic E-state index is 13.3. The van der Waals surface area contributed by atoms with Gasteiger partial charge in [-0.2, -0.15) is 5.10 Å². The molecule has 1 unspecified atom stereocenters. The lowest BCUT2D eigenvalue weighted by Gasteiger charge is -2.25. The second-order valence-electron chi connectivity index (χ2n) is 8.35. The van der Waals surface area contributed by atoms with Crippen LogP contribution in [0.25, 0.3) is 11.4 Å². The number of benzene rings is 2. The summed E-state index contributed by atoms with van der Waals surface area (Å²) in [7, 11) is 0. The Kier molecular flexibility index (Phi) is 6.35. The van der Waals surface area contributed by atoms with Gasteiger partial charge < -0.3 is 10.0 Å². The Morgan fingerprint density at radius 3 is 2.47 bits per heavy atom. The Bertz CT molecular complexity index is 1500. The largest absolute Gasteiger partial charge is 0.507 e. The maximum atomic E-state index is 13.3. The summed E-state index contributed by atoms with van der Waals surface area (Å²) in [5, 5.41) is 16.5. The first-order valence-corrected chi connectivity index (χ1v) is 11.8. The van der Waals surface area contributed by atoms with E-state index in [1.165, 1.54) is 11.1 Å². The van der Waals surface area contributed by atoms with Gasteiger partial charge in [0.25, 0.3) is 11.7 Å². The fourth-order valence-electron chi connectivity index (χ4n) is 4.38. The number of carbonyl (C=O) groups is 2. The van der Waals surface area contributed by atoms with E-state index in [1.807, 2.05) is 36.4 Å². The van der Waals surface area contributed by atoms with Crippen molar-refractivity contribution in [3.63, 3.8) is 0 Å². The molecule has 7 nitrogen and oxygen atoms in total. The van der Waals surface area contributed by atoms with Crippen molar-refractivity contribution in [1.82, 2.24) is 19.7 Å². The summed E-state index contributed by atoms with van der Waals surface area (Å²) in [4.78, 5) is 32.1. The van der Waals surface area contributed by atoms with E-state index in [0.717, 1.165) is 11.3 Å². The van der Waals surface area contributed by atoms with Gasteiger partial charge in [0.05, 0.1) is 44.8 Å². The van der Waals surface area contributed by atoms with E-state index in [4.69, 9.17) is 23.2 Å². The average molecular weight is 519 g/mol. The smallest absolute Gasteiger partial charge is 0.295 e. The number of halogens is 2. The number of hydrogen-bond donors (Lipinski definition) is 1. The molecule has 3 heterocycles. The number of Topliss-reactive ketones (excluding diaryl/α,β-unsaturated/α-hetero) is 1. The van der Waals surface area contributed by atoms with E-state index in [0.29, 0.717) is 21.8 Å². The van der Waals surface area contributed by atoms with Gasteiger partial charge in [-0.25, -0.2) is 4.68 Å². The van der Waals surface area contributed by atoms with Crippen molar-refractivity contribution >= 4 is 40.7 Å². The Labute approximate surface area is 217 Å². The van der Waals surface area contributed by atoms with Gasteiger partial charge in [-0.3, -0.25) is 14.6 Å². The van der Waals surface area contributed by atoms with Gasteiger partial charge in [-0.1, -0.05) is 53.5 Å². The number of likely N-dealkylation sites (tertiary alicyclic amines) is 1. The van der Waals surface area contributed by atoms with Gasteiger partial charge in [0.15, 0.2) is 0 Å². The quantitative estimate of drug-likeness (QED) is 0.214. The van der Waals surface area contributed by atoms with Crippen LogP contribution < -0.4 is 0 Å². The summed E-state index contributed by atoms with van der Waals surface area (Å²) >= 11 is 12.4. The molecule has 1 fully saturated rings. The number of aromatic nitrogens is 3. The molecule has 2 aromatic carbocycles. The van der Waals surface area contributed by atoms with E-state index in [-0.39, 0.29) is 22.9 Å². The molecular formula is C27H20Cl2N4O3. The number of nitrogens with zero attached hydrogens (tertiary/aromatic N) is 4. The lowest BCUT2D eigenvalue weighted by molar-refractivity contribution is -0.140. The summed E-state index contributed by atoms with van der Waals surface area (Å²) in [6, 6.07) is 17.0. The van der Waals surface area contributed by atoms with Crippen molar-refractivity contribution in [2.75, 3.05) is 0 Å². The third-order valence-electron chi connectivity index (χ3n) is 6.14. The summed E-state index contributed by atoms with van der Waals surface area (Å²) in [6.45, 7) is 1.90. The molecule has 1 amide bonds. The molecule has 1 atom stereocenters. The summed E-state index contributed by atoms with van der Waals surface area (Å²) in [5.74, 6) is -1.83. The van der Waals surface area contributed by atoms with Crippen LogP contribution in [0.4, 0.5) is 0 Å². The topological polar surface area (TPSA) is 88.3 Å². The molecule has 0 saturated carbocycles. The molecule has 36 heavy (non-hydrogen) atoms. The highest BCUT2D eigenvalue weighted by molar-refractivity contribution is 6.46. The molecule has 0 spiro atoms. The number of amides is 1. The van der Waals surface area contributed by atoms with Crippen molar-refractivity contribution in [2.45, 2.75) is 19.5 Å². The molecule has 4 aromatic rings. The molecule has 1 aliphatic heterocycles. The summed E-state index contributed by atoms with van der Waals surface area (Å²) in [6.07, 6.45) is 4.73. The monoisotopic (exact) mass is 518 g/mol. The number of aliphatic hydroxyl groups is 1. The number of aliphatic hydroxyl groups excluding tert-OH is 1. The van der Waals surface area contributed by atoms with E-state index >= 15 is 0 Å². The zero-order valence-corrected chi connectivity index (χ0v) is 20.6. The van der Waals surface area contributed by atoms with Crippen molar-refractivity contribution in [2.24, 2.45) is 0 Å². The molecule has 0 radical (unpaired) electrons. The van der Waals surface area contributed by atoms with Gasteiger partial charge >= 0.3 is 0 Å². The number of pyridine rings is 1. The van der Waals surface area contributed by atoms with Crippen molar-refractivity contribution in [3.05, 3.63) is 117 Å². The summed E-state index contributed by atoms with van der Waals surface area (Å²) in [5.41, 5.74) is 3.00. The SMILES string of the molecule is Cc1c(C(O)=C2C(=O)C(=O)N(Cc3cccnc3)C2c2ccc(Cl)c(Cl)c2)cnn1-c1ccccc1. The first-order chi connectivity index (χ1) is 17.4. The molecule has 180 valence electrons. The number of hydrogen-bond acceptors (Lipinski definition) is 5. The zero-order valence-electron chi connectivity index (χ0n) is 19.1. The Morgan fingerprint density at radius 2 is 1.78 bits per heavy atom. The predicted octanol–water partition coefficient (Wildman–Crippen LogP) is 5.50. The minimum absolute atomic E-state index is 0.0435. The average Bonchev–Trinajstić information content (AvgIpc) is 3.39. The van der Waals surface area contributed by atoms with Crippen LogP contribution in [0.15, 0.2) is 84.8 Å². The molecule has 0 aliphatic carbocycles. The van der Waals surface area contributed by atoms with E-state index in [1.54, 1.807) is 48.3 Å². The molecule has 5 rings (SSSR count). The van der Waals surface area contributed by atoms with Crippen LogP contribution >= 0.6 is 23.2 Å². The van der Waals surface area contributed by atoms with Gasteiger partial charge in [0.2, 0.25) is 0 Å². The fraction of sp³-hybridized carbons (Fsp3) is 0.111. The highest BCUT2D eigenvalue weighted by Gasteiger charge is 2.46. The molecule has 1 aliphatic rings. The lowest BCUT2D eigenvalue weighted by atomic mass is 9.95. The molecule has 1 N–H and O–H groups in total. The van der Waals surface area contributed by atoms with Crippen molar-refractivity contribution < 1.29 is 14.7 Å². The fourth-order valence-corrected chi connectivity index (χ4v) is 4.68.